The van der Waals surface area contributed by atoms with Gasteiger partial charge in [0.05, 0.1) is 5.69 Å². The predicted octanol–water partition coefficient (Wildman–Crippen LogP) is 2.80. The molecule has 4 rings (SSSR count). The van der Waals surface area contributed by atoms with Crippen molar-refractivity contribution in [1.29, 1.82) is 0 Å². The summed E-state index contributed by atoms with van der Waals surface area (Å²) in [5, 5.41) is 3.00. The summed E-state index contributed by atoms with van der Waals surface area (Å²) in [6, 6.07) is 13.8. The second-order valence-corrected chi connectivity index (χ2v) is 6.34. The Morgan fingerprint density at radius 3 is 2.92 bits per heavy atom. The van der Waals surface area contributed by atoms with Gasteiger partial charge in [-0.15, -0.1) is 0 Å². The number of imidazole rings is 1. The van der Waals surface area contributed by atoms with Crippen molar-refractivity contribution in [1.82, 2.24) is 19.9 Å². The Morgan fingerprint density at radius 2 is 2.12 bits per heavy atom. The molecule has 26 heavy (non-hydrogen) atoms. The van der Waals surface area contributed by atoms with Gasteiger partial charge in [-0.3, -0.25) is 9.78 Å². The van der Waals surface area contributed by atoms with Crippen molar-refractivity contribution in [2.24, 2.45) is 0 Å². The number of ether oxygens (including phenoxy) is 1. The van der Waals surface area contributed by atoms with E-state index in [1.807, 2.05) is 48.7 Å². The van der Waals surface area contributed by atoms with Gasteiger partial charge in [-0.2, -0.15) is 0 Å². The Bertz CT molecular complexity index is 892. The third-order valence-corrected chi connectivity index (χ3v) is 4.42. The second-order valence-electron chi connectivity index (χ2n) is 6.34. The number of nitrogens with zero attached hydrogens (tertiary/aromatic N) is 3. The zero-order chi connectivity index (χ0) is 17.8. The molecule has 1 saturated heterocycles. The van der Waals surface area contributed by atoms with E-state index >= 15 is 0 Å². The van der Waals surface area contributed by atoms with Gasteiger partial charge in [-0.25, -0.2) is 4.98 Å². The van der Waals surface area contributed by atoms with Gasteiger partial charge in [0.2, 0.25) is 5.91 Å². The Morgan fingerprint density at radius 1 is 1.15 bits per heavy atom. The molecule has 1 aromatic carbocycles. The van der Waals surface area contributed by atoms with Gasteiger partial charge in [0.25, 0.3) is 0 Å². The number of benzene rings is 1. The van der Waals surface area contributed by atoms with E-state index in [9.17, 15) is 4.79 Å². The van der Waals surface area contributed by atoms with Crippen molar-refractivity contribution in [2.45, 2.75) is 32.0 Å². The first-order chi connectivity index (χ1) is 12.8. The monoisotopic (exact) mass is 348 g/mol. The van der Waals surface area contributed by atoms with E-state index < -0.39 is 0 Å². The summed E-state index contributed by atoms with van der Waals surface area (Å²) in [7, 11) is 0. The second kappa shape index (κ2) is 7.39. The van der Waals surface area contributed by atoms with E-state index in [2.05, 4.69) is 19.9 Å². The lowest BCUT2D eigenvalue weighted by Crippen LogP contribution is -2.29. The van der Waals surface area contributed by atoms with E-state index in [4.69, 9.17) is 4.74 Å². The van der Waals surface area contributed by atoms with Gasteiger partial charge in [0.15, 0.2) is 0 Å². The number of aromatic nitrogens is 3. The molecule has 1 N–H and O–H groups in total. The van der Waals surface area contributed by atoms with Gasteiger partial charge in [0, 0.05) is 43.2 Å². The van der Waals surface area contributed by atoms with Crippen LogP contribution in [0.1, 0.15) is 18.5 Å². The third-order valence-electron chi connectivity index (χ3n) is 4.42. The minimum Gasteiger partial charge on any atom is -0.487 e. The molecule has 1 amide bonds. The number of pyridine rings is 1. The molecule has 0 spiro atoms. The van der Waals surface area contributed by atoms with Crippen LogP contribution in [0.4, 0.5) is 0 Å². The van der Waals surface area contributed by atoms with E-state index in [0.29, 0.717) is 13.0 Å². The SMILES string of the molecule is O=C1CCC(Cn2ccnc2-c2cccc(OCc3ccccn3)c2)N1. The predicted molar refractivity (Wildman–Crippen MR) is 97.4 cm³/mol. The first-order valence-corrected chi connectivity index (χ1v) is 8.71. The zero-order valence-corrected chi connectivity index (χ0v) is 14.3. The first-order valence-electron chi connectivity index (χ1n) is 8.71. The largest absolute Gasteiger partial charge is 0.487 e. The van der Waals surface area contributed by atoms with Crippen LogP contribution in [-0.2, 0) is 17.9 Å². The topological polar surface area (TPSA) is 69.0 Å². The van der Waals surface area contributed by atoms with Crippen molar-refractivity contribution in [3.05, 3.63) is 66.7 Å². The zero-order valence-electron chi connectivity index (χ0n) is 14.3. The molecule has 0 aliphatic carbocycles. The molecule has 6 heteroatoms. The minimum absolute atomic E-state index is 0.126. The number of carbonyl (C=O) groups is 1. The normalized spacial score (nSPS) is 16.5. The molecule has 2 aromatic heterocycles. The smallest absolute Gasteiger partial charge is 0.220 e. The van der Waals surface area contributed by atoms with E-state index in [0.717, 1.165) is 35.8 Å². The van der Waals surface area contributed by atoms with Gasteiger partial charge in [-0.1, -0.05) is 18.2 Å². The molecule has 6 nitrogen and oxygen atoms in total. The van der Waals surface area contributed by atoms with Gasteiger partial charge >= 0.3 is 0 Å². The van der Waals surface area contributed by atoms with Crippen LogP contribution < -0.4 is 10.1 Å². The van der Waals surface area contributed by atoms with Crippen LogP contribution in [0.15, 0.2) is 61.1 Å². The molecule has 0 bridgehead atoms. The Balaban J connectivity index is 1.48. The molecule has 3 heterocycles. The maximum atomic E-state index is 11.4. The minimum atomic E-state index is 0.126. The molecular weight excluding hydrogens is 328 g/mol. The van der Waals surface area contributed by atoms with Crippen LogP contribution in [0.5, 0.6) is 5.75 Å². The van der Waals surface area contributed by atoms with Gasteiger partial charge < -0.3 is 14.6 Å². The summed E-state index contributed by atoms with van der Waals surface area (Å²) >= 11 is 0. The number of hydrogen-bond acceptors (Lipinski definition) is 4. The molecule has 1 atom stereocenters. The molecule has 1 fully saturated rings. The summed E-state index contributed by atoms with van der Waals surface area (Å²) in [6.45, 7) is 1.15. The highest BCUT2D eigenvalue weighted by molar-refractivity contribution is 5.78. The fourth-order valence-electron chi connectivity index (χ4n) is 3.13. The first kappa shape index (κ1) is 16.3. The lowest BCUT2D eigenvalue weighted by Gasteiger charge is -2.14. The highest BCUT2D eigenvalue weighted by atomic mass is 16.5. The van der Waals surface area contributed by atoms with Crippen molar-refractivity contribution in [2.75, 3.05) is 0 Å². The maximum Gasteiger partial charge on any atom is 0.220 e. The highest BCUT2D eigenvalue weighted by Crippen LogP contribution is 2.24. The Labute approximate surface area is 151 Å². The Hall–Kier alpha value is -3.15. The molecule has 1 aliphatic heterocycles. The van der Waals surface area contributed by atoms with Crippen LogP contribution in [0.2, 0.25) is 0 Å². The van der Waals surface area contributed by atoms with Gasteiger partial charge in [-0.05, 0) is 30.7 Å². The number of amides is 1. The quantitative estimate of drug-likeness (QED) is 0.744. The van der Waals surface area contributed by atoms with Gasteiger partial charge in [0.1, 0.15) is 18.2 Å². The van der Waals surface area contributed by atoms with Crippen LogP contribution in [-0.4, -0.2) is 26.5 Å². The molecule has 132 valence electrons. The summed E-state index contributed by atoms with van der Waals surface area (Å²) in [4.78, 5) is 20.2. The highest BCUT2D eigenvalue weighted by Gasteiger charge is 2.22. The van der Waals surface area contributed by atoms with E-state index in [-0.39, 0.29) is 11.9 Å². The average Bonchev–Trinajstić information content (AvgIpc) is 3.30. The van der Waals surface area contributed by atoms with Crippen LogP contribution in [0.25, 0.3) is 11.4 Å². The average molecular weight is 348 g/mol. The van der Waals surface area contributed by atoms with E-state index in [1.165, 1.54) is 0 Å². The molecule has 0 radical (unpaired) electrons. The molecule has 1 unspecified atom stereocenters. The Kier molecular flexibility index (Phi) is 4.64. The molecule has 3 aromatic rings. The van der Waals surface area contributed by atoms with E-state index in [1.54, 1.807) is 12.4 Å². The standard InChI is InChI=1S/C20H20N4O2/c25-19-8-7-16(23-19)13-24-11-10-22-20(24)15-4-3-6-18(12-15)26-14-17-5-1-2-9-21-17/h1-6,9-12,16H,7-8,13-14H2,(H,23,25). The fraction of sp³-hybridized carbons (Fsp3) is 0.250. The summed E-state index contributed by atoms with van der Waals surface area (Å²) < 4.78 is 7.94. The van der Waals surface area contributed by atoms with Crippen LogP contribution in [0.3, 0.4) is 0 Å². The summed E-state index contributed by atoms with van der Waals surface area (Å²) in [5.41, 5.74) is 1.87. The van der Waals surface area contributed by atoms with Crippen LogP contribution >= 0.6 is 0 Å². The van der Waals surface area contributed by atoms with Crippen molar-refractivity contribution in [3.8, 4) is 17.1 Å². The number of rotatable bonds is 6. The number of carbonyl (C=O) groups excluding carboxylic acids is 1. The molecule has 0 saturated carbocycles. The van der Waals surface area contributed by atoms with Crippen molar-refractivity contribution >= 4 is 5.91 Å². The third kappa shape index (κ3) is 3.74. The number of nitrogens with one attached hydrogen (secondary N) is 1. The lowest BCUT2D eigenvalue weighted by atomic mass is 10.2. The lowest BCUT2D eigenvalue weighted by molar-refractivity contribution is -0.119. The van der Waals surface area contributed by atoms with Crippen molar-refractivity contribution in [3.63, 3.8) is 0 Å². The summed E-state index contributed by atoms with van der Waals surface area (Å²) in [6.07, 6.45) is 6.96. The molecule has 1 aliphatic rings. The fourth-order valence-corrected chi connectivity index (χ4v) is 3.13. The summed E-state index contributed by atoms with van der Waals surface area (Å²) in [5.74, 6) is 1.77. The molecular formula is C20H20N4O2. The van der Waals surface area contributed by atoms with Crippen molar-refractivity contribution < 1.29 is 9.53 Å². The maximum absolute atomic E-state index is 11.4. The number of hydrogen-bond donors (Lipinski definition) is 1. The van der Waals surface area contributed by atoms with Crippen LogP contribution in [0, 0.1) is 0 Å².